The van der Waals surface area contributed by atoms with Crippen LogP contribution in [0, 0.1) is 12.8 Å². The summed E-state index contributed by atoms with van der Waals surface area (Å²) in [6, 6.07) is 3.77. The van der Waals surface area contributed by atoms with E-state index in [4.69, 9.17) is 0 Å². The van der Waals surface area contributed by atoms with Crippen LogP contribution >= 0.6 is 11.3 Å². The number of piperidine rings is 1. The summed E-state index contributed by atoms with van der Waals surface area (Å²) in [6.45, 7) is 2.68. The quantitative estimate of drug-likeness (QED) is 0.810. The number of hydrogen-bond donors (Lipinski definition) is 2. The van der Waals surface area contributed by atoms with E-state index in [1.807, 2.05) is 19.1 Å². The van der Waals surface area contributed by atoms with Gasteiger partial charge in [-0.2, -0.15) is 0 Å². The average molecular weight is 366 g/mol. The van der Waals surface area contributed by atoms with E-state index < -0.39 is 11.3 Å². The third-order valence-electron chi connectivity index (χ3n) is 3.92. The van der Waals surface area contributed by atoms with Gasteiger partial charge in [0.05, 0.1) is 11.6 Å². The normalized spacial score (nSPS) is 19.8. The van der Waals surface area contributed by atoms with Crippen LogP contribution in [0.1, 0.15) is 18.5 Å². The fraction of sp³-hybridized carbons (Fsp3) is 0.400. The Balaban J connectivity index is 1.71. The zero-order chi connectivity index (χ0) is 17.1. The number of thiazole rings is 1. The molecule has 1 aliphatic heterocycles. The van der Waals surface area contributed by atoms with E-state index in [0.717, 1.165) is 22.7 Å². The molecule has 0 radical (unpaired) electrons. The van der Waals surface area contributed by atoms with Crippen LogP contribution in [-0.2, 0) is 16.1 Å². The molecule has 3 heterocycles. The molecule has 2 atom stereocenters. The topological polar surface area (TPSA) is 95.4 Å². The molecule has 1 aliphatic rings. The number of carbonyl (C=O) groups excluding carboxylic acids is 1. The Morgan fingerprint density at radius 1 is 1.54 bits per heavy atom. The first-order chi connectivity index (χ1) is 11.5. The maximum atomic E-state index is 12.5. The number of nitrogens with one attached hydrogen (secondary N) is 1. The molecule has 0 aliphatic carbocycles. The number of carbonyl (C=O) groups is 1. The highest BCUT2D eigenvalue weighted by Crippen LogP contribution is 2.32. The summed E-state index contributed by atoms with van der Waals surface area (Å²) in [7, 11) is 0. The van der Waals surface area contributed by atoms with Gasteiger partial charge in [0.2, 0.25) is 17.2 Å². The maximum Gasteiger partial charge on any atom is 0.234 e. The number of pyridine rings is 1. The minimum absolute atomic E-state index is 0.130. The van der Waals surface area contributed by atoms with Crippen LogP contribution in [0.4, 0.5) is 5.00 Å². The Labute approximate surface area is 146 Å². The van der Waals surface area contributed by atoms with Crippen LogP contribution in [0.25, 0.3) is 10.6 Å². The van der Waals surface area contributed by atoms with Crippen molar-refractivity contribution in [2.75, 3.05) is 18.4 Å². The van der Waals surface area contributed by atoms with Crippen molar-refractivity contribution in [3.8, 4) is 10.6 Å². The second-order valence-electron chi connectivity index (χ2n) is 5.62. The summed E-state index contributed by atoms with van der Waals surface area (Å²) < 4.78 is 21.8. The molecular formula is C15H18N4O3S2. The van der Waals surface area contributed by atoms with Crippen molar-refractivity contribution in [2.45, 2.75) is 19.8 Å². The first-order valence-corrected chi connectivity index (χ1v) is 9.47. The lowest BCUT2D eigenvalue weighted by atomic mass is 9.99. The molecule has 9 heteroatoms. The summed E-state index contributed by atoms with van der Waals surface area (Å²) in [4.78, 5) is 21.0. The molecule has 7 nitrogen and oxygen atoms in total. The SMILES string of the molecule is Cc1nc(-c2cccnc2)sc1NC(=O)C1CCCN(S(=O)O)C1. The van der Waals surface area contributed by atoms with Gasteiger partial charge in [-0.25, -0.2) is 13.5 Å². The lowest BCUT2D eigenvalue weighted by Crippen LogP contribution is -2.41. The first kappa shape index (κ1) is 17.2. The Morgan fingerprint density at radius 2 is 2.38 bits per heavy atom. The number of hydrogen-bond acceptors (Lipinski definition) is 5. The van der Waals surface area contributed by atoms with E-state index in [-0.39, 0.29) is 11.8 Å². The minimum Gasteiger partial charge on any atom is -0.316 e. The molecular weight excluding hydrogens is 348 g/mol. The van der Waals surface area contributed by atoms with Gasteiger partial charge in [-0.15, -0.1) is 0 Å². The molecule has 0 bridgehead atoms. The first-order valence-electron chi connectivity index (χ1n) is 7.59. The number of aromatic nitrogens is 2. The third kappa shape index (κ3) is 3.86. The van der Waals surface area contributed by atoms with E-state index in [1.54, 1.807) is 12.4 Å². The largest absolute Gasteiger partial charge is 0.316 e. The van der Waals surface area contributed by atoms with E-state index in [1.165, 1.54) is 15.6 Å². The van der Waals surface area contributed by atoms with Gasteiger partial charge in [-0.1, -0.05) is 11.3 Å². The fourth-order valence-corrected chi connectivity index (χ4v) is 4.19. The van der Waals surface area contributed by atoms with E-state index in [9.17, 15) is 13.6 Å². The molecule has 2 aromatic rings. The zero-order valence-electron chi connectivity index (χ0n) is 13.1. The molecule has 1 fully saturated rings. The Hall–Kier alpha value is -1.68. The van der Waals surface area contributed by atoms with Crippen molar-refractivity contribution in [1.82, 2.24) is 14.3 Å². The maximum absolute atomic E-state index is 12.5. The highest BCUT2D eigenvalue weighted by atomic mass is 32.2. The van der Waals surface area contributed by atoms with Gasteiger partial charge in [0.1, 0.15) is 10.0 Å². The summed E-state index contributed by atoms with van der Waals surface area (Å²) in [5, 5.41) is 4.43. The summed E-state index contributed by atoms with van der Waals surface area (Å²) >= 11 is -0.618. The van der Waals surface area contributed by atoms with Crippen LogP contribution < -0.4 is 5.32 Å². The number of nitrogens with zero attached hydrogens (tertiary/aromatic N) is 3. The molecule has 0 saturated carbocycles. The summed E-state index contributed by atoms with van der Waals surface area (Å²) in [5.74, 6) is -0.423. The molecule has 1 saturated heterocycles. The second kappa shape index (κ2) is 7.47. The minimum atomic E-state index is -2.02. The van der Waals surface area contributed by atoms with Crippen molar-refractivity contribution in [2.24, 2.45) is 5.92 Å². The predicted octanol–water partition coefficient (Wildman–Crippen LogP) is 2.30. The van der Waals surface area contributed by atoms with Gasteiger partial charge in [-0.3, -0.25) is 14.3 Å². The Morgan fingerprint density at radius 3 is 3.08 bits per heavy atom. The predicted molar refractivity (Wildman–Crippen MR) is 93.8 cm³/mol. The summed E-state index contributed by atoms with van der Waals surface area (Å²) in [5.41, 5.74) is 1.66. The Kier molecular flexibility index (Phi) is 5.34. The van der Waals surface area contributed by atoms with Crippen molar-refractivity contribution in [3.05, 3.63) is 30.2 Å². The smallest absolute Gasteiger partial charge is 0.234 e. The summed E-state index contributed by atoms with van der Waals surface area (Å²) in [6.07, 6.45) is 4.88. The number of anilines is 1. The monoisotopic (exact) mass is 366 g/mol. The van der Waals surface area contributed by atoms with Gasteiger partial charge in [-0.05, 0) is 31.9 Å². The number of aryl methyl sites for hydroxylation is 1. The molecule has 1 amide bonds. The fourth-order valence-electron chi connectivity index (χ4n) is 2.64. The van der Waals surface area contributed by atoms with Crippen LogP contribution in [0.15, 0.2) is 24.5 Å². The number of rotatable bonds is 4. The third-order valence-corrected chi connectivity index (χ3v) is 5.81. The highest BCUT2D eigenvalue weighted by molar-refractivity contribution is 7.76. The molecule has 2 aromatic heterocycles. The molecule has 2 unspecified atom stereocenters. The lowest BCUT2D eigenvalue weighted by Gasteiger charge is -2.28. The molecule has 24 heavy (non-hydrogen) atoms. The van der Waals surface area contributed by atoms with Crippen molar-refractivity contribution < 1.29 is 13.6 Å². The van der Waals surface area contributed by atoms with Gasteiger partial charge < -0.3 is 5.32 Å². The standard InChI is InChI=1S/C15H18N4O3S2/c1-10-14(23-15(17-10)11-4-2-6-16-8-11)18-13(20)12-5-3-7-19(9-12)24(21)22/h2,4,6,8,12H,3,5,7,9H2,1H3,(H,18,20)(H,21,22). The molecule has 2 N–H and O–H groups in total. The van der Waals surface area contributed by atoms with Crippen LogP contribution in [0.2, 0.25) is 0 Å². The number of amides is 1. The van der Waals surface area contributed by atoms with Gasteiger partial charge in [0.25, 0.3) is 0 Å². The van der Waals surface area contributed by atoms with Gasteiger partial charge in [0.15, 0.2) is 0 Å². The van der Waals surface area contributed by atoms with Crippen molar-refractivity contribution >= 4 is 33.5 Å². The van der Waals surface area contributed by atoms with E-state index in [0.29, 0.717) is 24.5 Å². The molecule has 3 rings (SSSR count). The van der Waals surface area contributed by atoms with E-state index in [2.05, 4.69) is 15.3 Å². The van der Waals surface area contributed by atoms with Crippen LogP contribution in [0.3, 0.4) is 0 Å². The van der Waals surface area contributed by atoms with Crippen molar-refractivity contribution in [1.29, 1.82) is 0 Å². The average Bonchev–Trinajstić information content (AvgIpc) is 2.96. The molecule has 0 spiro atoms. The highest BCUT2D eigenvalue weighted by Gasteiger charge is 2.28. The second-order valence-corrected chi connectivity index (χ2v) is 7.60. The Bertz CT molecular complexity index is 750. The molecule has 0 aromatic carbocycles. The van der Waals surface area contributed by atoms with Gasteiger partial charge >= 0.3 is 0 Å². The molecule has 128 valence electrons. The van der Waals surface area contributed by atoms with E-state index >= 15 is 0 Å². The van der Waals surface area contributed by atoms with Gasteiger partial charge in [0, 0.05) is 31.0 Å². The van der Waals surface area contributed by atoms with Crippen molar-refractivity contribution in [3.63, 3.8) is 0 Å². The zero-order valence-corrected chi connectivity index (χ0v) is 14.8. The van der Waals surface area contributed by atoms with Crippen LogP contribution in [0.5, 0.6) is 0 Å². The lowest BCUT2D eigenvalue weighted by molar-refractivity contribution is -0.120. The van der Waals surface area contributed by atoms with Crippen LogP contribution in [-0.4, -0.2) is 42.0 Å².